The van der Waals surface area contributed by atoms with E-state index in [-0.39, 0.29) is 0 Å². The Morgan fingerprint density at radius 2 is 2.15 bits per heavy atom. The highest BCUT2D eigenvalue weighted by molar-refractivity contribution is 5.39. The van der Waals surface area contributed by atoms with Crippen LogP contribution in [0.5, 0.6) is 0 Å². The van der Waals surface area contributed by atoms with E-state index in [4.69, 9.17) is 0 Å². The first-order chi connectivity index (χ1) is 6.40. The summed E-state index contributed by atoms with van der Waals surface area (Å²) in [5.41, 5.74) is 2.76. The van der Waals surface area contributed by atoms with Gasteiger partial charge < -0.3 is 5.32 Å². The molecule has 0 atom stereocenters. The second-order valence-electron chi connectivity index (χ2n) is 3.54. The second-order valence-corrected chi connectivity index (χ2v) is 3.54. The van der Waals surface area contributed by atoms with Crippen molar-refractivity contribution < 1.29 is 0 Å². The van der Waals surface area contributed by atoms with Gasteiger partial charge in [0, 0.05) is 12.2 Å². The zero-order chi connectivity index (χ0) is 9.10. The molecule has 13 heavy (non-hydrogen) atoms. The number of hydrogen-bond acceptors (Lipinski definition) is 2. The van der Waals surface area contributed by atoms with Crippen molar-refractivity contribution in [3.05, 3.63) is 23.4 Å². The maximum atomic E-state index is 4.59. The zero-order valence-corrected chi connectivity index (χ0v) is 8.14. The van der Waals surface area contributed by atoms with Gasteiger partial charge in [-0.05, 0) is 44.2 Å². The van der Waals surface area contributed by atoms with E-state index in [0.29, 0.717) is 0 Å². The van der Waals surface area contributed by atoms with Gasteiger partial charge in [-0.1, -0.05) is 6.07 Å². The van der Waals surface area contributed by atoms with Gasteiger partial charge in [0.15, 0.2) is 0 Å². The number of pyridine rings is 1. The molecule has 1 aliphatic rings. The molecule has 0 aromatic carbocycles. The highest BCUT2D eigenvalue weighted by Crippen LogP contribution is 2.20. The fourth-order valence-corrected chi connectivity index (χ4v) is 1.86. The van der Waals surface area contributed by atoms with E-state index in [1.54, 1.807) is 0 Å². The van der Waals surface area contributed by atoms with E-state index in [2.05, 4.69) is 29.4 Å². The van der Waals surface area contributed by atoms with Gasteiger partial charge >= 0.3 is 0 Å². The molecule has 0 saturated carbocycles. The van der Waals surface area contributed by atoms with Gasteiger partial charge in [-0.2, -0.15) is 0 Å². The van der Waals surface area contributed by atoms with Crippen molar-refractivity contribution in [1.29, 1.82) is 0 Å². The Morgan fingerprint density at radius 3 is 3.00 bits per heavy atom. The quantitative estimate of drug-likeness (QED) is 0.748. The summed E-state index contributed by atoms with van der Waals surface area (Å²) < 4.78 is 0. The van der Waals surface area contributed by atoms with Gasteiger partial charge in [-0.3, -0.25) is 0 Å². The number of nitrogens with one attached hydrogen (secondary N) is 1. The molecule has 0 aliphatic heterocycles. The number of aromatic nitrogens is 1. The molecule has 0 saturated heterocycles. The summed E-state index contributed by atoms with van der Waals surface area (Å²) >= 11 is 0. The second kappa shape index (κ2) is 3.77. The maximum absolute atomic E-state index is 4.59. The molecule has 70 valence electrons. The Hall–Kier alpha value is -1.05. The number of hydrogen-bond donors (Lipinski definition) is 1. The van der Waals surface area contributed by atoms with E-state index in [9.17, 15) is 0 Å². The average molecular weight is 176 g/mol. The van der Waals surface area contributed by atoms with Crippen LogP contribution >= 0.6 is 0 Å². The molecule has 1 aliphatic carbocycles. The Balaban J connectivity index is 2.24. The molecule has 2 nitrogen and oxygen atoms in total. The Kier molecular flexibility index (Phi) is 2.48. The van der Waals surface area contributed by atoms with E-state index in [0.717, 1.165) is 18.8 Å². The van der Waals surface area contributed by atoms with Crippen LogP contribution in [0.2, 0.25) is 0 Å². The minimum atomic E-state index is 0.950. The molecular weight excluding hydrogens is 160 g/mol. The van der Waals surface area contributed by atoms with Gasteiger partial charge in [0.05, 0.1) is 0 Å². The topological polar surface area (TPSA) is 24.9 Å². The Bertz CT molecular complexity index is 294. The van der Waals surface area contributed by atoms with Crippen LogP contribution in [0.1, 0.15) is 31.0 Å². The van der Waals surface area contributed by atoms with Crippen molar-refractivity contribution in [2.45, 2.75) is 32.6 Å². The molecule has 1 heterocycles. The predicted octanol–water partition coefficient (Wildman–Crippen LogP) is 2.39. The predicted molar refractivity (Wildman–Crippen MR) is 55.0 cm³/mol. The average Bonchev–Trinajstić information content (AvgIpc) is 2.18. The third-order valence-corrected chi connectivity index (χ3v) is 2.54. The normalized spacial score (nSPS) is 15.2. The SMILES string of the molecule is CCNc1ccc2c(n1)CCCC2. The lowest BCUT2D eigenvalue weighted by atomic mass is 9.96. The maximum Gasteiger partial charge on any atom is 0.126 e. The first-order valence-corrected chi connectivity index (χ1v) is 5.13. The molecular formula is C11H16N2. The first kappa shape index (κ1) is 8.54. The van der Waals surface area contributed by atoms with Crippen molar-refractivity contribution in [1.82, 2.24) is 4.98 Å². The van der Waals surface area contributed by atoms with E-state index in [1.165, 1.54) is 30.5 Å². The van der Waals surface area contributed by atoms with Crippen LogP contribution in [0.4, 0.5) is 5.82 Å². The van der Waals surface area contributed by atoms with E-state index < -0.39 is 0 Å². The molecule has 1 aromatic heterocycles. The van der Waals surface area contributed by atoms with E-state index in [1.807, 2.05) is 0 Å². The molecule has 0 unspecified atom stereocenters. The van der Waals surface area contributed by atoms with Crippen molar-refractivity contribution in [2.24, 2.45) is 0 Å². The van der Waals surface area contributed by atoms with Crippen LogP contribution < -0.4 is 5.32 Å². The number of aryl methyl sites for hydroxylation is 2. The van der Waals surface area contributed by atoms with Crippen molar-refractivity contribution >= 4 is 5.82 Å². The monoisotopic (exact) mass is 176 g/mol. The molecule has 0 fully saturated rings. The number of nitrogens with zero attached hydrogens (tertiary/aromatic N) is 1. The standard InChI is InChI=1S/C11H16N2/c1-2-12-11-8-7-9-5-3-4-6-10(9)13-11/h7-8H,2-6H2,1H3,(H,12,13). The Morgan fingerprint density at radius 1 is 1.31 bits per heavy atom. The van der Waals surface area contributed by atoms with Crippen LogP contribution in [0.3, 0.4) is 0 Å². The van der Waals surface area contributed by atoms with Crippen LogP contribution in [0.15, 0.2) is 12.1 Å². The van der Waals surface area contributed by atoms with Crippen molar-refractivity contribution in [3.63, 3.8) is 0 Å². The summed E-state index contributed by atoms with van der Waals surface area (Å²) in [7, 11) is 0. The zero-order valence-electron chi connectivity index (χ0n) is 8.14. The lowest BCUT2D eigenvalue weighted by molar-refractivity contribution is 0.668. The summed E-state index contributed by atoms with van der Waals surface area (Å²) in [6.07, 6.45) is 5.01. The van der Waals surface area contributed by atoms with Crippen LogP contribution in [0, 0.1) is 0 Å². The number of anilines is 1. The number of rotatable bonds is 2. The molecule has 2 rings (SSSR count). The fourth-order valence-electron chi connectivity index (χ4n) is 1.86. The van der Waals surface area contributed by atoms with E-state index >= 15 is 0 Å². The molecule has 0 bridgehead atoms. The molecule has 1 aromatic rings. The van der Waals surface area contributed by atoms with Gasteiger partial charge in [0.1, 0.15) is 5.82 Å². The first-order valence-electron chi connectivity index (χ1n) is 5.13. The van der Waals surface area contributed by atoms with Crippen LogP contribution in [-0.2, 0) is 12.8 Å². The van der Waals surface area contributed by atoms with Crippen LogP contribution in [-0.4, -0.2) is 11.5 Å². The summed E-state index contributed by atoms with van der Waals surface area (Å²) in [4.78, 5) is 4.59. The molecule has 0 spiro atoms. The molecule has 2 heteroatoms. The molecule has 0 amide bonds. The smallest absolute Gasteiger partial charge is 0.126 e. The minimum Gasteiger partial charge on any atom is -0.370 e. The largest absolute Gasteiger partial charge is 0.370 e. The summed E-state index contributed by atoms with van der Waals surface area (Å²) in [6, 6.07) is 4.31. The Labute approximate surface area is 79.4 Å². The van der Waals surface area contributed by atoms with Crippen molar-refractivity contribution in [2.75, 3.05) is 11.9 Å². The summed E-state index contributed by atoms with van der Waals surface area (Å²) in [6.45, 7) is 3.05. The number of fused-ring (bicyclic) bond motifs is 1. The fraction of sp³-hybridized carbons (Fsp3) is 0.545. The van der Waals surface area contributed by atoms with Gasteiger partial charge in [-0.25, -0.2) is 4.98 Å². The minimum absolute atomic E-state index is 0.950. The summed E-state index contributed by atoms with van der Waals surface area (Å²) in [5.74, 6) is 1.03. The third kappa shape index (κ3) is 1.82. The van der Waals surface area contributed by atoms with Crippen LogP contribution in [0.25, 0.3) is 0 Å². The van der Waals surface area contributed by atoms with Gasteiger partial charge in [0.2, 0.25) is 0 Å². The third-order valence-electron chi connectivity index (χ3n) is 2.54. The lowest BCUT2D eigenvalue weighted by Gasteiger charge is -2.15. The van der Waals surface area contributed by atoms with Gasteiger partial charge in [0.25, 0.3) is 0 Å². The highest BCUT2D eigenvalue weighted by atomic mass is 15.0. The molecule has 0 radical (unpaired) electrons. The molecule has 1 N–H and O–H groups in total. The highest BCUT2D eigenvalue weighted by Gasteiger charge is 2.10. The van der Waals surface area contributed by atoms with Crippen molar-refractivity contribution in [3.8, 4) is 0 Å². The van der Waals surface area contributed by atoms with Gasteiger partial charge in [-0.15, -0.1) is 0 Å². The lowest BCUT2D eigenvalue weighted by Crippen LogP contribution is -2.08. The summed E-state index contributed by atoms with van der Waals surface area (Å²) in [5, 5.41) is 3.25.